The van der Waals surface area contributed by atoms with Crippen LogP contribution in [0.25, 0.3) is 0 Å². The third-order valence-electron chi connectivity index (χ3n) is 2.96. The highest BCUT2D eigenvalue weighted by atomic mass is 19.4. The Labute approximate surface area is 109 Å². The van der Waals surface area contributed by atoms with Crippen molar-refractivity contribution < 1.29 is 17.9 Å². The van der Waals surface area contributed by atoms with E-state index in [0.29, 0.717) is 6.61 Å². The molecule has 1 aromatic heterocycles. The predicted octanol–water partition coefficient (Wildman–Crippen LogP) is 3.29. The van der Waals surface area contributed by atoms with Gasteiger partial charge in [0.15, 0.2) is 0 Å². The number of ether oxygens (including phenoxy) is 1. The van der Waals surface area contributed by atoms with Crippen molar-refractivity contribution in [2.75, 3.05) is 6.61 Å². The molecule has 0 N–H and O–H groups in total. The SMILES string of the molecule is CC(C)(C)C1COC(c2cc(C(F)(F)F)ccn2)=N1. The normalized spacial score (nSPS) is 20.1. The summed E-state index contributed by atoms with van der Waals surface area (Å²) in [6, 6.07) is 1.82. The molecular weight excluding hydrogens is 257 g/mol. The molecule has 6 heteroatoms. The van der Waals surface area contributed by atoms with E-state index in [-0.39, 0.29) is 23.0 Å². The first-order valence-corrected chi connectivity index (χ1v) is 5.92. The Hall–Kier alpha value is -1.59. The maximum Gasteiger partial charge on any atom is 0.416 e. The van der Waals surface area contributed by atoms with Gasteiger partial charge >= 0.3 is 6.18 Å². The second kappa shape index (κ2) is 4.51. The van der Waals surface area contributed by atoms with E-state index in [1.54, 1.807) is 0 Å². The quantitative estimate of drug-likeness (QED) is 0.786. The molecule has 0 radical (unpaired) electrons. The Morgan fingerprint density at radius 3 is 2.47 bits per heavy atom. The third kappa shape index (κ3) is 3.05. The molecule has 0 aliphatic carbocycles. The van der Waals surface area contributed by atoms with E-state index in [4.69, 9.17) is 4.74 Å². The molecule has 2 heterocycles. The Bertz CT molecular complexity index is 503. The van der Waals surface area contributed by atoms with Gasteiger partial charge in [-0.1, -0.05) is 20.8 Å². The van der Waals surface area contributed by atoms with Crippen molar-refractivity contribution in [2.24, 2.45) is 10.4 Å². The van der Waals surface area contributed by atoms with Crippen molar-refractivity contribution in [2.45, 2.75) is 33.0 Å². The lowest BCUT2D eigenvalue weighted by Gasteiger charge is -2.21. The fourth-order valence-corrected chi connectivity index (χ4v) is 1.68. The van der Waals surface area contributed by atoms with Crippen LogP contribution in [0.3, 0.4) is 0 Å². The van der Waals surface area contributed by atoms with Gasteiger partial charge in [0.1, 0.15) is 12.3 Å². The summed E-state index contributed by atoms with van der Waals surface area (Å²) in [5.74, 6) is 0.186. The van der Waals surface area contributed by atoms with Gasteiger partial charge in [0.05, 0.1) is 11.6 Å². The van der Waals surface area contributed by atoms with Crippen molar-refractivity contribution in [3.05, 3.63) is 29.6 Å². The summed E-state index contributed by atoms with van der Waals surface area (Å²) in [5, 5.41) is 0. The smallest absolute Gasteiger partial charge is 0.416 e. The molecule has 2 rings (SSSR count). The first kappa shape index (κ1) is 13.8. The number of aliphatic imine (C=N–C) groups is 1. The first-order chi connectivity index (χ1) is 8.68. The monoisotopic (exact) mass is 272 g/mol. The van der Waals surface area contributed by atoms with Crippen molar-refractivity contribution in [1.82, 2.24) is 4.98 Å². The van der Waals surface area contributed by atoms with Gasteiger partial charge in [-0.25, -0.2) is 4.99 Å². The van der Waals surface area contributed by atoms with Crippen LogP contribution in [0.2, 0.25) is 0 Å². The minimum absolute atomic E-state index is 0.0705. The fraction of sp³-hybridized carbons (Fsp3) is 0.538. The zero-order valence-electron chi connectivity index (χ0n) is 11.0. The Morgan fingerprint density at radius 1 is 1.26 bits per heavy atom. The first-order valence-electron chi connectivity index (χ1n) is 5.92. The summed E-state index contributed by atoms with van der Waals surface area (Å²) in [7, 11) is 0. The molecule has 1 aliphatic heterocycles. The molecule has 1 aromatic rings. The van der Waals surface area contributed by atoms with Gasteiger partial charge in [-0.2, -0.15) is 13.2 Å². The number of rotatable bonds is 1. The van der Waals surface area contributed by atoms with Gasteiger partial charge in [0.25, 0.3) is 0 Å². The molecule has 104 valence electrons. The van der Waals surface area contributed by atoms with Crippen molar-refractivity contribution in [3.63, 3.8) is 0 Å². The molecule has 1 aliphatic rings. The summed E-state index contributed by atoms with van der Waals surface area (Å²) < 4.78 is 43.2. The van der Waals surface area contributed by atoms with Gasteiger partial charge < -0.3 is 4.74 Å². The maximum atomic E-state index is 12.6. The number of halogens is 3. The van der Waals surface area contributed by atoms with Crippen LogP contribution in [0.5, 0.6) is 0 Å². The predicted molar refractivity (Wildman–Crippen MR) is 65.0 cm³/mol. The van der Waals surface area contributed by atoms with E-state index in [2.05, 4.69) is 9.98 Å². The zero-order chi connectivity index (χ0) is 14.3. The number of pyridine rings is 1. The minimum atomic E-state index is -4.39. The number of aromatic nitrogens is 1. The Balaban J connectivity index is 2.29. The van der Waals surface area contributed by atoms with Gasteiger partial charge in [-0.05, 0) is 17.5 Å². The number of alkyl halides is 3. The van der Waals surface area contributed by atoms with Crippen LogP contribution in [0.4, 0.5) is 13.2 Å². The lowest BCUT2D eigenvalue weighted by molar-refractivity contribution is -0.137. The van der Waals surface area contributed by atoms with Gasteiger partial charge in [0, 0.05) is 6.20 Å². The maximum absolute atomic E-state index is 12.6. The minimum Gasteiger partial charge on any atom is -0.474 e. The topological polar surface area (TPSA) is 34.5 Å². The van der Waals surface area contributed by atoms with E-state index in [1.165, 1.54) is 0 Å². The molecule has 0 bridgehead atoms. The average molecular weight is 272 g/mol. The van der Waals surface area contributed by atoms with Crippen LogP contribution >= 0.6 is 0 Å². The van der Waals surface area contributed by atoms with E-state index in [1.807, 2.05) is 20.8 Å². The summed E-state index contributed by atoms with van der Waals surface area (Å²) in [5.41, 5.74) is -0.715. The second-order valence-corrected chi connectivity index (χ2v) is 5.55. The van der Waals surface area contributed by atoms with Crippen LogP contribution < -0.4 is 0 Å². The molecule has 0 aromatic carbocycles. The van der Waals surface area contributed by atoms with Crippen LogP contribution in [0.1, 0.15) is 32.0 Å². The lowest BCUT2D eigenvalue weighted by atomic mass is 9.88. The second-order valence-electron chi connectivity index (χ2n) is 5.55. The largest absolute Gasteiger partial charge is 0.474 e. The summed E-state index contributed by atoms with van der Waals surface area (Å²) in [6.07, 6.45) is -3.27. The summed E-state index contributed by atoms with van der Waals surface area (Å²) in [4.78, 5) is 8.21. The van der Waals surface area contributed by atoms with Gasteiger partial charge in [-0.3, -0.25) is 4.98 Å². The molecule has 0 amide bonds. The molecular formula is C13H15F3N2O. The average Bonchev–Trinajstić information content (AvgIpc) is 2.77. The molecule has 19 heavy (non-hydrogen) atoms. The summed E-state index contributed by atoms with van der Waals surface area (Å²) >= 11 is 0. The highest BCUT2D eigenvalue weighted by Crippen LogP contribution is 2.30. The third-order valence-corrected chi connectivity index (χ3v) is 2.96. The fourth-order valence-electron chi connectivity index (χ4n) is 1.68. The number of hydrogen-bond acceptors (Lipinski definition) is 3. The summed E-state index contributed by atoms with van der Waals surface area (Å²) in [6.45, 7) is 6.39. The Morgan fingerprint density at radius 2 is 1.95 bits per heavy atom. The van der Waals surface area contributed by atoms with E-state index in [0.717, 1.165) is 18.3 Å². The molecule has 0 saturated carbocycles. The van der Waals surface area contributed by atoms with Crippen molar-refractivity contribution >= 4 is 5.90 Å². The molecule has 3 nitrogen and oxygen atoms in total. The number of hydrogen-bond donors (Lipinski definition) is 0. The highest BCUT2D eigenvalue weighted by Gasteiger charge is 2.34. The van der Waals surface area contributed by atoms with Crippen LogP contribution in [-0.2, 0) is 10.9 Å². The van der Waals surface area contributed by atoms with Crippen molar-refractivity contribution in [1.29, 1.82) is 0 Å². The standard InChI is InChI=1S/C13H15F3N2O/c1-12(2,3)10-7-19-11(18-10)9-6-8(4-5-17-9)13(14,15)16/h4-6,10H,7H2,1-3H3. The van der Waals surface area contributed by atoms with E-state index in [9.17, 15) is 13.2 Å². The molecule has 0 saturated heterocycles. The highest BCUT2D eigenvalue weighted by molar-refractivity contribution is 5.93. The van der Waals surface area contributed by atoms with Crippen LogP contribution in [0, 0.1) is 5.41 Å². The van der Waals surface area contributed by atoms with E-state index >= 15 is 0 Å². The number of nitrogens with zero attached hydrogens (tertiary/aromatic N) is 2. The van der Waals surface area contributed by atoms with Crippen LogP contribution in [-0.4, -0.2) is 23.5 Å². The van der Waals surface area contributed by atoms with Gasteiger partial charge in [0.2, 0.25) is 5.90 Å². The van der Waals surface area contributed by atoms with E-state index < -0.39 is 11.7 Å². The molecule has 1 unspecified atom stereocenters. The van der Waals surface area contributed by atoms with Crippen LogP contribution in [0.15, 0.2) is 23.3 Å². The molecule has 1 atom stereocenters. The molecule has 0 spiro atoms. The van der Waals surface area contributed by atoms with Gasteiger partial charge in [-0.15, -0.1) is 0 Å². The molecule has 0 fully saturated rings. The zero-order valence-corrected chi connectivity index (χ0v) is 11.0. The lowest BCUT2D eigenvalue weighted by Crippen LogP contribution is -2.25. The Kier molecular flexibility index (Phi) is 3.28. The van der Waals surface area contributed by atoms with Crippen molar-refractivity contribution in [3.8, 4) is 0 Å².